The van der Waals surface area contributed by atoms with Gasteiger partial charge in [0.2, 0.25) is 0 Å². The number of hydrogen-bond donors (Lipinski definition) is 1. The number of nitrogens with zero attached hydrogens (tertiary/aromatic N) is 3. The predicted molar refractivity (Wildman–Crippen MR) is 68.9 cm³/mol. The van der Waals surface area contributed by atoms with Gasteiger partial charge in [-0.25, -0.2) is 4.98 Å². The van der Waals surface area contributed by atoms with Gasteiger partial charge in [0, 0.05) is 5.38 Å². The minimum Gasteiger partial charge on any atom is -0.506 e. The number of aromatic nitrogens is 3. The number of thiophene rings is 1. The Labute approximate surface area is 111 Å². The molecule has 18 heavy (non-hydrogen) atoms. The van der Waals surface area contributed by atoms with Gasteiger partial charge in [-0.2, -0.15) is 4.98 Å². The van der Waals surface area contributed by atoms with E-state index in [0.717, 1.165) is 10.7 Å². The Morgan fingerprint density at radius 2 is 2.22 bits per heavy atom. The summed E-state index contributed by atoms with van der Waals surface area (Å²) in [6.07, 6.45) is 0.542. The van der Waals surface area contributed by atoms with Crippen LogP contribution in [0.15, 0.2) is 21.3 Å². The van der Waals surface area contributed by atoms with Crippen molar-refractivity contribution in [3.05, 3.63) is 33.4 Å². The lowest BCUT2D eigenvalue weighted by atomic mass is 10.3. The lowest BCUT2D eigenvalue weighted by molar-refractivity contribution is 0.420. The molecule has 0 unspecified atom stereocenters. The molecule has 0 saturated heterocycles. The Kier molecular flexibility index (Phi) is 2.85. The van der Waals surface area contributed by atoms with Crippen LogP contribution < -0.4 is 0 Å². The van der Waals surface area contributed by atoms with Gasteiger partial charge in [-0.1, -0.05) is 5.16 Å². The lowest BCUT2D eigenvalue weighted by Gasteiger charge is -1.88. The fourth-order valence-electron chi connectivity index (χ4n) is 1.53. The third-order valence-corrected chi connectivity index (χ3v) is 4.03. The van der Waals surface area contributed by atoms with Gasteiger partial charge >= 0.3 is 0 Å². The van der Waals surface area contributed by atoms with E-state index in [0.29, 0.717) is 23.0 Å². The van der Waals surface area contributed by atoms with Crippen molar-refractivity contribution in [2.45, 2.75) is 13.3 Å². The Balaban J connectivity index is 1.84. The zero-order valence-corrected chi connectivity index (χ0v) is 11.1. The number of aryl methyl sites for hydroxylation is 1. The van der Waals surface area contributed by atoms with E-state index in [1.807, 2.05) is 12.3 Å². The second kappa shape index (κ2) is 4.51. The van der Waals surface area contributed by atoms with Gasteiger partial charge in [-0.3, -0.25) is 0 Å². The maximum atomic E-state index is 9.58. The van der Waals surface area contributed by atoms with Crippen LogP contribution in [0.5, 0.6) is 5.75 Å². The molecule has 0 fully saturated rings. The Morgan fingerprint density at radius 1 is 1.33 bits per heavy atom. The van der Waals surface area contributed by atoms with Crippen molar-refractivity contribution in [3.8, 4) is 16.5 Å². The topological polar surface area (TPSA) is 72.0 Å². The van der Waals surface area contributed by atoms with E-state index in [9.17, 15) is 5.11 Å². The van der Waals surface area contributed by atoms with Gasteiger partial charge in [-0.05, 0) is 18.4 Å². The molecule has 0 aliphatic heterocycles. The van der Waals surface area contributed by atoms with Crippen molar-refractivity contribution in [2.24, 2.45) is 0 Å². The number of rotatable bonds is 3. The van der Waals surface area contributed by atoms with Crippen LogP contribution in [0.4, 0.5) is 0 Å². The number of hydrogen-bond acceptors (Lipinski definition) is 7. The molecule has 1 N–H and O–H groups in total. The fourth-order valence-corrected chi connectivity index (χ4v) is 2.85. The molecule has 0 atom stereocenters. The maximum Gasteiger partial charge on any atom is 0.271 e. The van der Waals surface area contributed by atoms with Crippen molar-refractivity contribution in [2.75, 3.05) is 0 Å². The molecule has 0 aromatic carbocycles. The molecule has 0 aliphatic rings. The van der Waals surface area contributed by atoms with Crippen LogP contribution in [0.25, 0.3) is 10.8 Å². The van der Waals surface area contributed by atoms with Gasteiger partial charge in [0.1, 0.15) is 10.6 Å². The molecular formula is C11H9N3O2S2. The Morgan fingerprint density at radius 3 is 2.89 bits per heavy atom. The summed E-state index contributed by atoms with van der Waals surface area (Å²) in [5.74, 6) is 1.09. The zero-order chi connectivity index (χ0) is 12.5. The third-order valence-electron chi connectivity index (χ3n) is 2.31. The molecule has 3 heterocycles. The highest BCUT2D eigenvalue weighted by Gasteiger charge is 2.14. The average Bonchev–Trinajstić information content (AvgIpc) is 3.02. The SMILES string of the molecule is Cc1nc(Cc2noc(-c3sccc3O)n2)cs1. The second-order valence-corrected chi connectivity index (χ2v) is 5.66. The largest absolute Gasteiger partial charge is 0.506 e. The van der Waals surface area contributed by atoms with E-state index in [2.05, 4.69) is 15.1 Å². The smallest absolute Gasteiger partial charge is 0.271 e. The summed E-state index contributed by atoms with van der Waals surface area (Å²) in [6.45, 7) is 1.96. The first-order valence-corrected chi connectivity index (χ1v) is 6.99. The zero-order valence-electron chi connectivity index (χ0n) is 9.45. The van der Waals surface area contributed by atoms with E-state index in [4.69, 9.17) is 4.52 Å². The van der Waals surface area contributed by atoms with Crippen LogP contribution >= 0.6 is 22.7 Å². The predicted octanol–water partition coefficient (Wildman–Crippen LogP) is 2.86. The van der Waals surface area contributed by atoms with Crippen LogP contribution in [0.2, 0.25) is 0 Å². The van der Waals surface area contributed by atoms with Crippen molar-refractivity contribution >= 4 is 22.7 Å². The monoisotopic (exact) mass is 279 g/mol. The van der Waals surface area contributed by atoms with Crippen molar-refractivity contribution in [3.63, 3.8) is 0 Å². The minimum atomic E-state index is 0.166. The van der Waals surface area contributed by atoms with Crippen LogP contribution in [0, 0.1) is 6.92 Å². The number of aromatic hydroxyl groups is 1. The first-order chi connectivity index (χ1) is 8.72. The summed E-state index contributed by atoms with van der Waals surface area (Å²) >= 11 is 2.96. The minimum absolute atomic E-state index is 0.166. The van der Waals surface area contributed by atoms with E-state index < -0.39 is 0 Å². The molecule has 0 bridgehead atoms. The molecule has 7 heteroatoms. The summed E-state index contributed by atoms with van der Waals surface area (Å²) in [7, 11) is 0. The van der Waals surface area contributed by atoms with E-state index in [-0.39, 0.29) is 5.75 Å². The third kappa shape index (κ3) is 2.14. The number of thiazole rings is 1. The highest BCUT2D eigenvalue weighted by atomic mass is 32.1. The highest BCUT2D eigenvalue weighted by molar-refractivity contribution is 7.13. The molecule has 0 radical (unpaired) electrons. The molecule has 92 valence electrons. The van der Waals surface area contributed by atoms with Crippen molar-refractivity contribution in [1.29, 1.82) is 0 Å². The summed E-state index contributed by atoms with van der Waals surface area (Å²) in [4.78, 5) is 9.20. The van der Waals surface area contributed by atoms with Gasteiger partial charge in [0.15, 0.2) is 5.82 Å². The van der Waals surface area contributed by atoms with Crippen molar-refractivity contribution in [1.82, 2.24) is 15.1 Å². The van der Waals surface area contributed by atoms with Crippen LogP contribution in [-0.2, 0) is 6.42 Å². The van der Waals surface area contributed by atoms with Gasteiger partial charge in [0.05, 0.1) is 17.1 Å². The Hall–Kier alpha value is -1.73. The standard InChI is InChI=1S/C11H9N3O2S2/c1-6-12-7(5-18-6)4-9-13-11(16-14-9)10-8(15)2-3-17-10/h2-3,5,15H,4H2,1H3. The molecule has 3 rings (SSSR count). The molecule has 0 aliphatic carbocycles. The second-order valence-electron chi connectivity index (χ2n) is 3.69. The van der Waals surface area contributed by atoms with E-state index in [1.165, 1.54) is 11.3 Å². The summed E-state index contributed by atoms with van der Waals surface area (Å²) in [5, 5.41) is 18.2. The molecule has 0 saturated carbocycles. The summed E-state index contributed by atoms with van der Waals surface area (Å²) in [5.41, 5.74) is 0.931. The van der Waals surface area contributed by atoms with Gasteiger partial charge in [0.25, 0.3) is 5.89 Å². The van der Waals surface area contributed by atoms with E-state index >= 15 is 0 Å². The fraction of sp³-hybridized carbons (Fsp3) is 0.182. The van der Waals surface area contributed by atoms with Gasteiger partial charge in [-0.15, -0.1) is 22.7 Å². The summed E-state index contributed by atoms with van der Waals surface area (Å²) < 4.78 is 5.13. The van der Waals surface area contributed by atoms with E-state index in [1.54, 1.807) is 22.8 Å². The first-order valence-electron chi connectivity index (χ1n) is 5.23. The van der Waals surface area contributed by atoms with Crippen LogP contribution in [-0.4, -0.2) is 20.2 Å². The normalized spacial score (nSPS) is 10.9. The van der Waals surface area contributed by atoms with Crippen molar-refractivity contribution < 1.29 is 9.63 Å². The lowest BCUT2D eigenvalue weighted by Crippen LogP contribution is -1.90. The maximum absolute atomic E-state index is 9.58. The summed E-state index contributed by atoms with van der Waals surface area (Å²) in [6, 6.07) is 1.60. The molecular weight excluding hydrogens is 270 g/mol. The van der Waals surface area contributed by atoms with Gasteiger partial charge < -0.3 is 9.63 Å². The highest BCUT2D eigenvalue weighted by Crippen LogP contribution is 2.33. The molecule has 0 spiro atoms. The Bertz CT molecular complexity index is 671. The quantitative estimate of drug-likeness (QED) is 0.798. The molecule has 5 nitrogen and oxygen atoms in total. The first kappa shape index (κ1) is 11.4. The van der Waals surface area contributed by atoms with Crippen LogP contribution in [0.1, 0.15) is 16.5 Å². The molecule has 3 aromatic heterocycles. The molecule has 0 amide bonds. The van der Waals surface area contributed by atoms with Crippen LogP contribution in [0.3, 0.4) is 0 Å². The molecule has 3 aromatic rings. The average molecular weight is 279 g/mol.